The van der Waals surface area contributed by atoms with Gasteiger partial charge in [-0.15, -0.1) is 0 Å². The number of aromatic nitrogens is 1. The minimum atomic E-state index is 0.106. The zero-order valence-electron chi connectivity index (χ0n) is 12.8. The molecule has 4 heteroatoms. The Balaban J connectivity index is 1.53. The molecule has 1 saturated carbocycles. The van der Waals surface area contributed by atoms with E-state index in [1.165, 1.54) is 12.8 Å². The predicted molar refractivity (Wildman–Crippen MR) is 86.2 cm³/mol. The average molecular weight is 296 g/mol. The number of nitrogens with one attached hydrogen (secondary N) is 1. The number of rotatable bonds is 2. The van der Waals surface area contributed by atoms with Crippen LogP contribution in [0.15, 0.2) is 35.4 Å². The van der Waals surface area contributed by atoms with E-state index in [4.69, 9.17) is 4.74 Å². The summed E-state index contributed by atoms with van der Waals surface area (Å²) in [6.45, 7) is 1.69. The van der Waals surface area contributed by atoms with Crippen LogP contribution in [0.5, 0.6) is 5.75 Å². The third kappa shape index (κ3) is 2.39. The number of likely N-dealkylation sites (tertiary alicyclic amines) is 1. The molecule has 2 fully saturated rings. The lowest BCUT2D eigenvalue weighted by atomic mass is 10.0. The predicted octanol–water partition coefficient (Wildman–Crippen LogP) is 3.50. The number of methoxy groups -OCH3 is 1. The molecule has 22 heavy (non-hydrogen) atoms. The van der Waals surface area contributed by atoms with E-state index in [1.54, 1.807) is 18.3 Å². The first-order valence-corrected chi connectivity index (χ1v) is 7.90. The highest BCUT2D eigenvalue weighted by molar-refractivity contribution is 5.98. The van der Waals surface area contributed by atoms with Gasteiger partial charge in [0.2, 0.25) is 0 Å². The number of hydrogen-bond donors (Lipinski definition) is 1. The molecule has 0 unspecified atom stereocenters. The molecule has 0 spiro atoms. The van der Waals surface area contributed by atoms with Crippen LogP contribution in [-0.2, 0) is 0 Å². The van der Waals surface area contributed by atoms with Crippen molar-refractivity contribution in [1.29, 1.82) is 0 Å². The fraction of sp³-hybridized carbons (Fsp3) is 0.389. The monoisotopic (exact) mass is 296 g/mol. The largest absolute Gasteiger partial charge is 0.497 e. The number of carbonyl (C=O) groups excluding carboxylic acids is 1. The van der Waals surface area contributed by atoms with E-state index in [0.717, 1.165) is 42.6 Å². The molecular formula is C18H20N2O2. The number of piperidine rings is 1. The summed E-state index contributed by atoms with van der Waals surface area (Å²) in [4.78, 5) is 17.9. The molecule has 1 aromatic carbocycles. The quantitative estimate of drug-likeness (QED) is 0.862. The molecule has 0 bridgehead atoms. The van der Waals surface area contributed by atoms with E-state index >= 15 is 0 Å². The molecule has 2 aromatic rings. The minimum Gasteiger partial charge on any atom is -0.497 e. The van der Waals surface area contributed by atoms with Gasteiger partial charge in [-0.1, -0.05) is 11.1 Å². The van der Waals surface area contributed by atoms with Gasteiger partial charge < -0.3 is 14.6 Å². The SMILES string of the molecule is COc1ccc2cc(C(=O)N3CCC(=C4CC4)CC3)[nH]c2c1. The number of hydrogen-bond acceptors (Lipinski definition) is 2. The van der Waals surface area contributed by atoms with Crippen molar-refractivity contribution in [2.75, 3.05) is 20.2 Å². The summed E-state index contributed by atoms with van der Waals surface area (Å²) in [5, 5.41) is 1.04. The van der Waals surface area contributed by atoms with Gasteiger partial charge in [-0.3, -0.25) is 4.79 Å². The second kappa shape index (κ2) is 5.20. The van der Waals surface area contributed by atoms with Crippen molar-refractivity contribution in [2.45, 2.75) is 25.7 Å². The Morgan fingerprint density at radius 3 is 2.50 bits per heavy atom. The number of nitrogens with zero attached hydrogens (tertiary/aromatic N) is 1. The van der Waals surface area contributed by atoms with Crippen LogP contribution in [0.3, 0.4) is 0 Å². The lowest BCUT2D eigenvalue weighted by molar-refractivity contribution is 0.0738. The third-order valence-electron chi connectivity index (χ3n) is 4.71. The van der Waals surface area contributed by atoms with Crippen LogP contribution in [0.4, 0.5) is 0 Å². The second-order valence-corrected chi connectivity index (χ2v) is 6.14. The topological polar surface area (TPSA) is 45.3 Å². The van der Waals surface area contributed by atoms with E-state index in [0.29, 0.717) is 5.69 Å². The first kappa shape index (κ1) is 13.4. The van der Waals surface area contributed by atoms with E-state index in [2.05, 4.69) is 4.98 Å². The standard InChI is InChI=1S/C18H20N2O2/c1-22-15-5-4-14-10-17(19-16(14)11-15)18(21)20-8-6-13(7-9-20)12-2-3-12/h4-5,10-11,19H,2-3,6-9H2,1H3. The smallest absolute Gasteiger partial charge is 0.270 e. The number of H-pyrrole nitrogens is 1. The fourth-order valence-electron chi connectivity index (χ4n) is 3.27. The molecular weight excluding hydrogens is 276 g/mol. The molecule has 1 N–H and O–H groups in total. The minimum absolute atomic E-state index is 0.106. The normalized spacial score (nSPS) is 18.0. The maximum absolute atomic E-state index is 12.7. The summed E-state index contributed by atoms with van der Waals surface area (Å²) < 4.78 is 5.23. The summed E-state index contributed by atoms with van der Waals surface area (Å²) in [7, 11) is 1.65. The van der Waals surface area contributed by atoms with Crippen molar-refractivity contribution in [1.82, 2.24) is 9.88 Å². The lowest BCUT2D eigenvalue weighted by Crippen LogP contribution is -2.36. The Bertz CT molecular complexity index is 756. The molecule has 1 aliphatic heterocycles. The number of fused-ring (bicyclic) bond motifs is 1. The summed E-state index contributed by atoms with van der Waals surface area (Å²) in [5.74, 6) is 0.905. The number of aromatic amines is 1. The molecule has 2 heterocycles. The van der Waals surface area contributed by atoms with Gasteiger partial charge in [-0.05, 0) is 43.9 Å². The zero-order chi connectivity index (χ0) is 15.1. The summed E-state index contributed by atoms with van der Waals surface area (Å²) >= 11 is 0. The van der Waals surface area contributed by atoms with Crippen LogP contribution in [0.2, 0.25) is 0 Å². The van der Waals surface area contributed by atoms with Gasteiger partial charge in [0.05, 0.1) is 7.11 Å². The Hall–Kier alpha value is -2.23. The molecule has 1 saturated heterocycles. The Labute approximate surface area is 129 Å². The summed E-state index contributed by atoms with van der Waals surface area (Å²) in [5.41, 5.74) is 4.86. The van der Waals surface area contributed by atoms with E-state index in [9.17, 15) is 4.79 Å². The van der Waals surface area contributed by atoms with Crippen molar-refractivity contribution in [3.63, 3.8) is 0 Å². The molecule has 0 atom stereocenters. The summed E-state index contributed by atoms with van der Waals surface area (Å²) in [6.07, 6.45) is 4.67. The van der Waals surface area contributed by atoms with E-state index in [-0.39, 0.29) is 5.91 Å². The molecule has 114 valence electrons. The van der Waals surface area contributed by atoms with Crippen LogP contribution in [0, 0.1) is 0 Å². The highest BCUT2D eigenvalue weighted by Crippen LogP contribution is 2.36. The van der Waals surface area contributed by atoms with Gasteiger partial charge in [0.1, 0.15) is 11.4 Å². The van der Waals surface area contributed by atoms with Crippen LogP contribution in [-0.4, -0.2) is 36.0 Å². The van der Waals surface area contributed by atoms with Crippen molar-refractivity contribution in [3.8, 4) is 5.75 Å². The van der Waals surface area contributed by atoms with Gasteiger partial charge in [-0.2, -0.15) is 0 Å². The molecule has 0 radical (unpaired) electrons. The van der Waals surface area contributed by atoms with Crippen molar-refractivity contribution < 1.29 is 9.53 Å². The van der Waals surface area contributed by atoms with Crippen LogP contribution >= 0.6 is 0 Å². The third-order valence-corrected chi connectivity index (χ3v) is 4.71. The van der Waals surface area contributed by atoms with Gasteiger partial charge >= 0.3 is 0 Å². The number of benzene rings is 1. The maximum Gasteiger partial charge on any atom is 0.270 e. The first-order valence-electron chi connectivity index (χ1n) is 7.90. The number of carbonyl (C=O) groups is 1. The zero-order valence-corrected chi connectivity index (χ0v) is 12.8. The number of ether oxygens (including phenoxy) is 1. The van der Waals surface area contributed by atoms with Gasteiger partial charge in [0, 0.05) is 30.1 Å². The fourth-order valence-corrected chi connectivity index (χ4v) is 3.27. The lowest BCUT2D eigenvalue weighted by Gasteiger charge is -2.28. The Morgan fingerprint density at radius 1 is 1.09 bits per heavy atom. The molecule has 2 aliphatic rings. The Morgan fingerprint density at radius 2 is 1.82 bits per heavy atom. The van der Waals surface area contributed by atoms with Crippen LogP contribution in [0.1, 0.15) is 36.2 Å². The second-order valence-electron chi connectivity index (χ2n) is 6.14. The van der Waals surface area contributed by atoms with Gasteiger partial charge in [0.25, 0.3) is 5.91 Å². The molecule has 1 aliphatic carbocycles. The average Bonchev–Trinajstić information content (AvgIpc) is 3.32. The molecule has 1 amide bonds. The highest BCUT2D eigenvalue weighted by atomic mass is 16.5. The maximum atomic E-state index is 12.7. The number of allylic oxidation sites excluding steroid dienone is 1. The molecule has 1 aromatic heterocycles. The van der Waals surface area contributed by atoms with E-state index < -0.39 is 0 Å². The van der Waals surface area contributed by atoms with Gasteiger partial charge in [-0.25, -0.2) is 0 Å². The van der Waals surface area contributed by atoms with Gasteiger partial charge in [0.15, 0.2) is 0 Å². The van der Waals surface area contributed by atoms with Crippen LogP contribution < -0.4 is 4.74 Å². The van der Waals surface area contributed by atoms with E-state index in [1.807, 2.05) is 29.2 Å². The molecule has 4 nitrogen and oxygen atoms in total. The van der Waals surface area contributed by atoms with Crippen molar-refractivity contribution in [2.24, 2.45) is 0 Å². The van der Waals surface area contributed by atoms with Crippen molar-refractivity contribution in [3.05, 3.63) is 41.1 Å². The summed E-state index contributed by atoms with van der Waals surface area (Å²) in [6, 6.07) is 7.76. The van der Waals surface area contributed by atoms with Crippen molar-refractivity contribution >= 4 is 16.8 Å². The number of amides is 1. The van der Waals surface area contributed by atoms with Crippen LogP contribution in [0.25, 0.3) is 10.9 Å². The highest BCUT2D eigenvalue weighted by Gasteiger charge is 2.25. The first-order chi connectivity index (χ1) is 10.7. The Kier molecular flexibility index (Phi) is 3.17. The molecule has 4 rings (SSSR count).